The molecule has 0 spiro atoms. The molecule has 0 bridgehead atoms. The number of aryl methyl sites for hydroxylation is 6. The number of hydrogen-bond donors (Lipinski definition) is 0. The van der Waals surface area contributed by atoms with Gasteiger partial charge in [0.25, 0.3) is 0 Å². The molecule has 1 aliphatic heterocycles. The fourth-order valence-electron chi connectivity index (χ4n) is 6.32. The van der Waals surface area contributed by atoms with E-state index in [1.54, 1.807) is 13.1 Å². The van der Waals surface area contributed by atoms with Crippen molar-refractivity contribution in [3.8, 4) is 11.1 Å². The Morgan fingerprint density at radius 3 is 1.19 bits per heavy atom. The molecule has 1 nitrogen and oxygen atoms in total. The Balaban J connectivity index is 0.000000503. The first-order valence-electron chi connectivity index (χ1n) is 13.5. The van der Waals surface area contributed by atoms with Crippen molar-refractivity contribution in [3.05, 3.63) is 117 Å². The summed E-state index contributed by atoms with van der Waals surface area (Å²) in [7, 11) is 0. The Hall–Kier alpha value is -2.75. The molecule has 0 atom stereocenters. The molecule has 1 saturated heterocycles. The molecule has 1 heterocycles. The summed E-state index contributed by atoms with van der Waals surface area (Å²) in [5, 5.41) is 0. The van der Waals surface area contributed by atoms with Crippen LogP contribution in [0.1, 0.15) is 57.3 Å². The van der Waals surface area contributed by atoms with Crippen LogP contribution in [0.25, 0.3) is 11.1 Å². The minimum absolute atomic E-state index is 1.00. The number of hydrogen-bond acceptors (Lipinski definition) is 1. The van der Waals surface area contributed by atoms with Gasteiger partial charge in [-0.05, 0) is 12.8 Å². The summed E-state index contributed by atoms with van der Waals surface area (Å²) in [6.07, 6.45) is 2.56. The Morgan fingerprint density at radius 1 is 0.514 bits per heavy atom. The van der Waals surface area contributed by atoms with Crippen LogP contribution in [0.4, 0.5) is 0 Å². The van der Waals surface area contributed by atoms with Crippen molar-refractivity contribution in [1.82, 2.24) is 0 Å². The number of rotatable bonds is 2. The number of benzene rings is 4. The van der Waals surface area contributed by atoms with Gasteiger partial charge < -0.3 is 4.74 Å². The van der Waals surface area contributed by atoms with Gasteiger partial charge in [-0.25, -0.2) is 0 Å². The third-order valence-electron chi connectivity index (χ3n) is 7.61. The van der Waals surface area contributed by atoms with Crippen LogP contribution in [0.2, 0.25) is 0 Å². The van der Waals surface area contributed by atoms with Crippen LogP contribution < -0.4 is 8.79 Å². The van der Waals surface area contributed by atoms with Gasteiger partial charge >= 0.3 is 197 Å². The minimum atomic E-state index is -2.15. The molecule has 0 N–H and O–H groups in total. The van der Waals surface area contributed by atoms with E-state index in [4.69, 9.17) is 4.74 Å². The average Bonchev–Trinajstić information content (AvgIpc) is 3.53. The van der Waals surface area contributed by atoms with E-state index in [0.717, 1.165) is 13.2 Å². The van der Waals surface area contributed by atoms with Crippen LogP contribution in [-0.4, -0.2) is 31.5 Å². The molecular weight excluding hydrogens is 509 g/mol. The van der Waals surface area contributed by atoms with Gasteiger partial charge in [-0.15, -0.1) is 0 Å². The molecule has 4 aromatic carbocycles. The summed E-state index contributed by atoms with van der Waals surface area (Å²) in [6.45, 7) is 15.8. The first kappa shape index (κ1) is 25.9. The summed E-state index contributed by atoms with van der Waals surface area (Å²) in [6, 6.07) is 27.7. The molecule has 1 fully saturated rings. The maximum absolute atomic E-state index is 4.94. The van der Waals surface area contributed by atoms with Gasteiger partial charge in [0.2, 0.25) is 0 Å². The van der Waals surface area contributed by atoms with E-state index in [1.807, 2.05) is 0 Å². The van der Waals surface area contributed by atoms with E-state index in [-0.39, 0.29) is 0 Å². The Morgan fingerprint density at radius 2 is 0.865 bits per heavy atom. The zero-order valence-corrected chi connectivity index (χ0v) is 25.3. The molecule has 4 aromatic rings. The van der Waals surface area contributed by atoms with Gasteiger partial charge in [0.05, 0.1) is 0 Å². The van der Waals surface area contributed by atoms with Crippen molar-refractivity contribution in [2.75, 3.05) is 13.2 Å². The molecular formula is C35H38GeO. The van der Waals surface area contributed by atoms with Crippen molar-refractivity contribution in [1.29, 1.82) is 0 Å². The normalized spacial score (nSPS) is 13.6. The second-order valence-electron chi connectivity index (χ2n) is 10.7. The molecule has 188 valence electrons. The molecule has 0 saturated carbocycles. The van der Waals surface area contributed by atoms with E-state index in [1.165, 1.54) is 68.5 Å². The standard InChI is InChI=1S/C31H30Ge.C4H8O/c1-19-15-21(3)29(22(4)16-19)32(30-23(5)17-20(2)18-24(30)6)31-27-13-9-7-11-25(27)26-12-8-10-14-28(26)31;1-2-4-5-3-1/h7-18H,1-6H3;1-4H2. The van der Waals surface area contributed by atoms with Gasteiger partial charge in [-0.1, -0.05) is 0 Å². The molecule has 37 heavy (non-hydrogen) atoms. The second-order valence-corrected chi connectivity index (χ2v) is 15.4. The SMILES string of the molecule is C1CCOC1.Cc1cc(C)[c]([Ge](=[C]2c3ccccc3-c3ccccc32)[c]2c(C)cc(C)cc2C)c(C)c1. The van der Waals surface area contributed by atoms with Crippen LogP contribution in [0.15, 0.2) is 72.8 Å². The van der Waals surface area contributed by atoms with Crippen molar-refractivity contribution >= 4 is 27.1 Å². The molecule has 0 aromatic heterocycles. The molecule has 2 aliphatic rings. The Labute approximate surface area is 227 Å². The van der Waals surface area contributed by atoms with E-state index in [9.17, 15) is 0 Å². The first-order valence-corrected chi connectivity index (χ1v) is 16.7. The summed E-state index contributed by atoms with van der Waals surface area (Å²) in [4.78, 5) is 0. The summed E-state index contributed by atoms with van der Waals surface area (Å²) in [5.41, 5.74) is 14.2. The van der Waals surface area contributed by atoms with Crippen molar-refractivity contribution in [2.45, 2.75) is 54.4 Å². The van der Waals surface area contributed by atoms with Crippen LogP contribution in [0.3, 0.4) is 0 Å². The van der Waals surface area contributed by atoms with Crippen molar-refractivity contribution in [2.24, 2.45) is 0 Å². The monoisotopic (exact) mass is 548 g/mol. The third-order valence-corrected chi connectivity index (χ3v) is 15.2. The fraction of sp³-hybridized carbons (Fsp3) is 0.286. The molecule has 6 rings (SSSR count). The van der Waals surface area contributed by atoms with Gasteiger partial charge in [-0.2, -0.15) is 0 Å². The molecule has 0 amide bonds. The van der Waals surface area contributed by atoms with Crippen LogP contribution in [-0.2, 0) is 4.74 Å². The summed E-state index contributed by atoms with van der Waals surface area (Å²) < 4.78 is 9.79. The maximum atomic E-state index is 4.94. The van der Waals surface area contributed by atoms with Gasteiger partial charge in [0, 0.05) is 13.2 Å². The van der Waals surface area contributed by atoms with E-state index < -0.39 is 13.9 Å². The van der Waals surface area contributed by atoms with Crippen LogP contribution in [0, 0.1) is 41.5 Å². The Kier molecular flexibility index (Phi) is 7.65. The second kappa shape index (κ2) is 10.9. The predicted molar refractivity (Wildman–Crippen MR) is 161 cm³/mol. The van der Waals surface area contributed by atoms with Crippen molar-refractivity contribution < 1.29 is 4.74 Å². The Bertz CT molecular complexity index is 1340. The average molecular weight is 547 g/mol. The molecule has 2 heteroatoms. The molecule has 1 aliphatic carbocycles. The first-order chi connectivity index (χ1) is 17.9. The fourth-order valence-corrected chi connectivity index (χ4v) is 13.9. The van der Waals surface area contributed by atoms with Gasteiger partial charge in [0.15, 0.2) is 0 Å². The van der Waals surface area contributed by atoms with Crippen LogP contribution in [0.5, 0.6) is 0 Å². The molecule has 0 unspecified atom stereocenters. The third kappa shape index (κ3) is 5.04. The predicted octanol–water partition coefficient (Wildman–Crippen LogP) is 6.77. The van der Waals surface area contributed by atoms with E-state index in [0.29, 0.717) is 0 Å². The van der Waals surface area contributed by atoms with Crippen LogP contribution >= 0.6 is 0 Å². The van der Waals surface area contributed by atoms with Gasteiger partial charge in [0.1, 0.15) is 0 Å². The zero-order chi connectivity index (χ0) is 26.1. The van der Waals surface area contributed by atoms with E-state index in [2.05, 4.69) is 114 Å². The quantitative estimate of drug-likeness (QED) is 0.222. The van der Waals surface area contributed by atoms with E-state index >= 15 is 0 Å². The zero-order valence-electron chi connectivity index (χ0n) is 23.2. The number of ether oxygens (including phenoxy) is 1. The topological polar surface area (TPSA) is 9.23 Å². The summed E-state index contributed by atoms with van der Waals surface area (Å²) >= 11 is -2.15. The van der Waals surface area contributed by atoms with Gasteiger partial charge in [-0.3, -0.25) is 0 Å². The molecule has 0 radical (unpaired) electrons. The number of fused-ring (bicyclic) bond motifs is 3. The summed E-state index contributed by atoms with van der Waals surface area (Å²) in [5.74, 6) is 0. The van der Waals surface area contributed by atoms with Crippen molar-refractivity contribution in [3.63, 3.8) is 0 Å².